The number of nitrogens with zero attached hydrogens (tertiary/aromatic N) is 6. The van der Waals surface area contributed by atoms with E-state index < -0.39 is 0 Å². The van der Waals surface area contributed by atoms with Gasteiger partial charge in [0.1, 0.15) is 16.7 Å². The van der Waals surface area contributed by atoms with E-state index in [1.807, 2.05) is 71.1 Å². The number of hydrogen-bond donors (Lipinski definition) is 0. The molecule has 8 heteroatoms. The van der Waals surface area contributed by atoms with Gasteiger partial charge < -0.3 is 9.30 Å². The number of halogens is 1. The molecule has 0 aliphatic carbocycles. The van der Waals surface area contributed by atoms with Crippen molar-refractivity contribution in [1.82, 2.24) is 29.3 Å². The first kappa shape index (κ1) is 20.5. The van der Waals surface area contributed by atoms with Crippen molar-refractivity contribution in [3.63, 3.8) is 0 Å². The van der Waals surface area contributed by atoms with E-state index in [1.54, 1.807) is 13.4 Å². The molecular formula is C24H23ClN6O. The van der Waals surface area contributed by atoms with Gasteiger partial charge in [-0.05, 0) is 55.2 Å². The summed E-state index contributed by atoms with van der Waals surface area (Å²) >= 11 is 5.95. The topological polar surface area (TPSA) is 70.7 Å². The maximum atomic E-state index is 5.95. The van der Waals surface area contributed by atoms with Crippen molar-refractivity contribution >= 4 is 23.8 Å². The minimum absolute atomic E-state index is 0.182. The largest absolute Gasteiger partial charge is 0.495 e. The molecule has 1 aliphatic rings. The molecule has 4 heterocycles. The second kappa shape index (κ2) is 8.59. The molecule has 5 rings (SSSR count). The van der Waals surface area contributed by atoms with E-state index in [2.05, 4.69) is 9.97 Å². The number of fused-ring (bicyclic) bond motifs is 1. The fourth-order valence-electron chi connectivity index (χ4n) is 4.08. The lowest BCUT2D eigenvalue weighted by Crippen LogP contribution is -2.18. The normalized spacial score (nSPS) is 15.8. The molecule has 0 unspecified atom stereocenters. The molecule has 7 nitrogen and oxygen atoms in total. The molecule has 1 atom stereocenters. The Bertz CT molecular complexity index is 1270. The van der Waals surface area contributed by atoms with E-state index in [1.165, 1.54) is 0 Å². The number of methoxy groups -OCH3 is 1. The van der Waals surface area contributed by atoms with Crippen LogP contribution in [0, 0.1) is 6.92 Å². The number of pyridine rings is 1. The van der Waals surface area contributed by atoms with E-state index in [4.69, 9.17) is 26.4 Å². The summed E-state index contributed by atoms with van der Waals surface area (Å²) in [7, 11) is 1.67. The Morgan fingerprint density at radius 3 is 2.81 bits per heavy atom. The van der Waals surface area contributed by atoms with Gasteiger partial charge in [0.05, 0.1) is 24.8 Å². The Hall–Kier alpha value is -3.45. The smallest absolute Gasteiger partial charge is 0.174 e. The number of aryl methyl sites for hydroxylation is 2. The molecule has 0 saturated heterocycles. The van der Waals surface area contributed by atoms with E-state index in [0.717, 1.165) is 53.5 Å². The van der Waals surface area contributed by atoms with Gasteiger partial charge in [-0.15, -0.1) is 0 Å². The number of rotatable bonds is 5. The van der Waals surface area contributed by atoms with Gasteiger partial charge in [-0.1, -0.05) is 29.8 Å². The van der Waals surface area contributed by atoms with E-state index in [9.17, 15) is 0 Å². The Balaban J connectivity index is 1.40. The van der Waals surface area contributed by atoms with E-state index in [-0.39, 0.29) is 5.92 Å². The minimum atomic E-state index is 0.182. The van der Waals surface area contributed by atoms with Gasteiger partial charge in [0.15, 0.2) is 5.82 Å². The van der Waals surface area contributed by atoms with Crippen LogP contribution in [0.25, 0.3) is 17.8 Å². The van der Waals surface area contributed by atoms with Crippen LogP contribution >= 0.6 is 11.6 Å². The molecule has 32 heavy (non-hydrogen) atoms. The molecule has 0 fully saturated rings. The average molecular weight is 447 g/mol. The number of benzene rings is 1. The second-order valence-electron chi connectivity index (χ2n) is 7.85. The number of ether oxygens (including phenoxy) is 1. The summed E-state index contributed by atoms with van der Waals surface area (Å²) in [6, 6.07) is 9.92. The minimum Gasteiger partial charge on any atom is -0.495 e. The molecule has 4 aromatic rings. The van der Waals surface area contributed by atoms with Crippen molar-refractivity contribution in [3.8, 4) is 11.4 Å². The van der Waals surface area contributed by atoms with Gasteiger partial charge in [0, 0.05) is 24.9 Å². The van der Waals surface area contributed by atoms with Gasteiger partial charge in [0.2, 0.25) is 0 Å². The van der Waals surface area contributed by atoms with Crippen molar-refractivity contribution in [3.05, 3.63) is 82.7 Å². The van der Waals surface area contributed by atoms with Crippen LogP contribution in [0.3, 0.4) is 0 Å². The van der Waals surface area contributed by atoms with Crippen LogP contribution in [-0.2, 0) is 6.54 Å². The lowest BCUT2D eigenvalue weighted by atomic mass is 9.92. The quantitative estimate of drug-likeness (QED) is 0.407. The third kappa shape index (κ3) is 4.03. The molecule has 0 radical (unpaired) electrons. The molecule has 0 amide bonds. The van der Waals surface area contributed by atoms with Crippen molar-refractivity contribution in [2.24, 2.45) is 0 Å². The first-order chi connectivity index (χ1) is 15.6. The molecule has 0 N–H and O–H groups in total. The van der Waals surface area contributed by atoms with Crippen molar-refractivity contribution in [2.45, 2.75) is 32.2 Å². The lowest BCUT2D eigenvalue weighted by molar-refractivity contribution is 0.413. The summed E-state index contributed by atoms with van der Waals surface area (Å²) in [6.07, 6.45) is 11.6. The lowest BCUT2D eigenvalue weighted by Gasteiger charge is -2.22. The Morgan fingerprint density at radius 2 is 2.06 bits per heavy atom. The van der Waals surface area contributed by atoms with Crippen molar-refractivity contribution in [2.75, 3.05) is 7.11 Å². The fraction of sp³-hybridized carbons (Fsp3) is 0.250. The first-order valence-corrected chi connectivity index (χ1v) is 10.9. The van der Waals surface area contributed by atoms with E-state index in [0.29, 0.717) is 11.0 Å². The highest BCUT2D eigenvalue weighted by Gasteiger charge is 2.25. The molecule has 0 saturated carbocycles. The zero-order valence-electron chi connectivity index (χ0n) is 17.9. The van der Waals surface area contributed by atoms with Gasteiger partial charge in [-0.25, -0.2) is 19.6 Å². The second-order valence-corrected chi connectivity index (χ2v) is 8.23. The monoisotopic (exact) mass is 446 g/mol. The zero-order valence-corrected chi connectivity index (χ0v) is 18.7. The van der Waals surface area contributed by atoms with Crippen LogP contribution in [0.1, 0.15) is 47.2 Å². The van der Waals surface area contributed by atoms with E-state index >= 15 is 0 Å². The summed E-state index contributed by atoms with van der Waals surface area (Å²) in [5.74, 6) is 2.63. The number of imidazole rings is 1. The number of hydrogen-bond acceptors (Lipinski definition) is 5. The van der Waals surface area contributed by atoms with Gasteiger partial charge >= 0.3 is 0 Å². The number of aromatic nitrogens is 6. The van der Waals surface area contributed by atoms with Gasteiger partial charge in [-0.3, -0.25) is 0 Å². The molecule has 162 valence electrons. The zero-order chi connectivity index (χ0) is 22.1. The molecule has 3 aromatic heterocycles. The van der Waals surface area contributed by atoms with Crippen LogP contribution in [0.4, 0.5) is 0 Å². The highest BCUT2D eigenvalue weighted by Crippen LogP contribution is 2.32. The summed E-state index contributed by atoms with van der Waals surface area (Å²) in [6.45, 7) is 2.84. The maximum Gasteiger partial charge on any atom is 0.174 e. The predicted molar refractivity (Wildman–Crippen MR) is 124 cm³/mol. The van der Waals surface area contributed by atoms with Crippen LogP contribution in [0.5, 0.6) is 5.75 Å². The van der Waals surface area contributed by atoms with Crippen LogP contribution < -0.4 is 4.74 Å². The summed E-state index contributed by atoms with van der Waals surface area (Å²) in [5, 5.41) is 5.20. The molecule has 0 bridgehead atoms. The maximum absolute atomic E-state index is 5.95. The SMILES string of the molecule is COc1cc(/C=C/c2nc3n(n2)CCC[C@H]3c2ccc(Cl)nc2)ccc1-n1cnc(C)c1. The third-order valence-electron chi connectivity index (χ3n) is 5.66. The van der Waals surface area contributed by atoms with Crippen molar-refractivity contribution in [1.29, 1.82) is 0 Å². The van der Waals surface area contributed by atoms with Gasteiger partial charge in [0.25, 0.3) is 0 Å². The summed E-state index contributed by atoms with van der Waals surface area (Å²) in [5.41, 5.74) is 4.03. The molecule has 1 aliphatic heterocycles. The molecule has 1 aromatic carbocycles. The summed E-state index contributed by atoms with van der Waals surface area (Å²) in [4.78, 5) is 13.3. The summed E-state index contributed by atoms with van der Waals surface area (Å²) < 4.78 is 9.57. The molecule has 0 spiro atoms. The molecular weight excluding hydrogens is 424 g/mol. The van der Waals surface area contributed by atoms with Crippen molar-refractivity contribution < 1.29 is 4.74 Å². The Kier molecular flexibility index (Phi) is 5.49. The van der Waals surface area contributed by atoms with Crippen LogP contribution in [0.2, 0.25) is 5.15 Å². The highest BCUT2D eigenvalue weighted by molar-refractivity contribution is 6.29. The van der Waals surface area contributed by atoms with Crippen LogP contribution in [-0.4, -0.2) is 36.4 Å². The average Bonchev–Trinajstić information content (AvgIpc) is 3.43. The fourth-order valence-corrected chi connectivity index (χ4v) is 4.20. The highest BCUT2D eigenvalue weighted by atomic mass is 35.5. The van der Waals surface area contributed by atoms with Gasteiger partial charge in [-0.2, -0.15) is 5.10 Å². The Labute approximate surface area is 191 Å². The standard InChI is InChI=1S/C24H23ClN6O/c1-16-14-30(15-27-16)20-8-5-17(12-21(20)32-2)6-10-23-28-24-19(4-3-11-31(24)29-23)18-7-9-22(25)26-13-18/h5-10,12-15,19H,3-4,11H2,1-2H3/b10-6+/t19-/m0/s1. The Morgan fingerprint density at radius 1 is 1.16 bits per heavy atom. The third-order valence-corrected chi connectivity index (χ3v) is 5.89. The van der Waals surface area contributed by atoms with Crippen LogP contribution in [0.15, 0.2) is 49.1 Å². The predicted octanol–water partition coefficient (Wildman–Crippen LogP) is 4.93. The first-order valence-electron chi connectivity index (χ1n) is 10.5.